The molecule has 1 aromatic carbocycles. The van der Waals surface area contributed by atoms with Gasteiger partial charge in [-0.1, -0.05) is 24.3 Å². The Morgan fingerprint density at radius 1 is 0.971 bits per heavy atom. The molecule has 3 aromatic heterocycles. The summed E-state index contributed by atoms with van der Waals surface area (Å²) >= 11 is 0. The molecule has 1 saturated heterocycles. The van der Waals surface area contributed by atoms with Gasteiger partial charge in [-0.25, -0.2) is 0 Å². The van der Waals surface area contributed by atoms with E-state index >= 15 is 0 Å². The molecule has 4 aromatic rings. The van der Waals surface area contributed by atoms with Crippen LogP contribution in [0.2, 0.25) is 0 Å². The van der Waals surface area contributed by atoms with Crippen molar-refractivity contribution in [2.75, 3.05) is 25.0 Å². The molecule has 35 heavy (non-hydrogen) atoms. The van der Waals surface area contributed by atoms with E-state index in [0.717, 1.165) is 60.0 Å². The van der Waals surface area contributed by atoms with Gasteiger partial charge in [0.05, 0.1) is 17.0 Å². The Hall–Kier alpha value is -3.53. The van der Waals surface area contributed by atoms with Crippen molar-refractivity contribution in [1.29, 1.82) is 0 Å². The minimum absolute atomic E-state index is 0.0625. The first kappa shape index (κ1) is 23.2. The van der Waals surface area contributed by atoms with Crippen LogP contribution in [0.15, 0.2) is 54.9 Å². The monoisotopic (exact) mass is 481 g/mol. The third kappa shape index (κ3) is 4.58. The molecular weight excluding hydrogens is 455 g/mol. The largest absolute Gasteiger partial charge is 0.418 e. The fourth-order valence-corrected chi connectivity index (χ4v) is 4.82. The number of anilines is 1. The van der Waals surface area contributed by atoms with Crippen LogP contribution in [0.3, 0.4) is 0 Å². The number of benzene rings is 1. The van der Waals surface area contributed by atoms with Gasteiger partial charge in [-0.3, -0.25) is 14.6 Å². The second-order valence-corrected chi connectivity index (χ2v) is 8.89. The van der Waals surface area contributed by atoms with Crippen LogP contribution < -0.4 is 4.90 Å². The summed E-state index contributed by atoms with van der Waals surface area (Å²) in [6, 6.07) is 12.6. The SMILES string of the molecule is CN(Cc1ncccc1C(F)(F)F)C1CCN(c2nnc(-c3ccnn3C)c3ccccc23)CC1. The summed E-state index contributed by atoms with van der Waals surface area (Å²) in [6.45, 7) is 1.64. The van der Waals surface area contributed by atoms with Crippen LogP contribution >= 0.6 is 0 Å². The highest BCUT2D eigenvalue weighted by Gasteiger charge is 2.34. The van der Waals surface area contributed by atoms with E-state index in [1.54, 1.807) is 10.9 Å². The van der Waals surface area contributed by atoms with Gasteiger partial charge >= 0.3 is 6.18 Å². The molecule has 7 nitrogen and oxygen atoms in total. The predicted molar refractivity (Wildman–Crippen MR) is 128 cm³/mol. The van der Waals surface area contributed by atoms with Gasteiger partial charge in [0.2, 0.25) is 0 Å². The molecule has 0 radical (unpaired) electrons. The van der Waals surface area contributed by atoms with Gasteiger partial charge in [-0.2, -0.15) is 18.3 Å². The number of nitrogens with zero attached hydrogens (tertiary/aromatic N) is 7. The number of halogens is 3. The van der Waals surface area contributed by atoms with Gasteiger partial charge in [0, 0.05) is 55.9 Å². The van der Waals surface area contributed by atoms with Crippen molar-refractivity contribution in [2.45, 2.75) is 31.6 Å². The van der Waals surface area contributed by atoms with Crippen LogP contribution in [0, 0.1) is 0 Å². The van der Waals surface area contributed by atoms with E-state index in [-0.39, 0.29) is 18.3 Å². The van der Waals surface area contributed by atoms with Crippen molar-refractivity contribution >= 4 is 16.6 Å². The highest BCUT2D eigenvalue weighted by atomic mass is 19.4. The van der Waals surface area contributed by atoms with Gasteiger partial charge in [0.1, 0.15) is 5.69 Å². The first-order chi connectivity index (χ1) is 16.8. The maximum absolute atomic E-state index is 13.4. The second-order valence-electron chi connectivity index (χ2n) is 8.89. The number of fused-ring (bicyclic) bond motifs is 1. The zero-order valence-electron chi connectivity index (χ0n) is 19.6. The lowest BCUT2D eigenvalue weighted by molar-refractivity contribution is -0.138. The number of aromatic nitrogens is 5. The molecule has 0 aliphatic carbocycles. The summed E-state index contributed by atoms with van der Waals surface area (Å²) in [7, 11) is 3.75. The first-order valence-corrected chi connectivity index (χ1v) is 11.5. The molecule has 0 saturated carbocycles. The van der Waals surface area contributed by atoms with Gasteiger partial charge in [-0.05, 0) is 38.1 Å². The van der Waals surface area contributed by atoms with Crippen molar-refractivity contribution in [2.24, 2.45) is 7.05 Å². The molecule has 0 spiro atoms. The lowest BCUT2D eigenvalue weighted by atomic mass is 10.0. The Labute approximate surface area is 201 Å². The number of hydrogen-bond acceptors (Lipinski definition) is 6. The Morgan fingerprint density at radius 2 is 1.71 bits per heavy atom. The van der Waals surface area contributed by atoms with Crippen molar-refractivity contribution in [3.63, 3.8) is 0 Å². The topological polar surface area (TPSA) is 63.0 Å². The smallest absolute Gasteiger partial charge is 0.354 e. The van der Waals surface area contributed by atoms with E-state index in [1.807, 2.05) is 43.3 Å². The van der Waals surface area contributed by atoms with Crippen molar-refractivity contribution in [1.82, 2.24) is 29.9 Å². The third-order valence-electron chi connectivity index (χ3n) is 6.71. The molecule has 1 aliphatic heterocycles. The van der Waals surface area contributed by atoms with Gasteiger partial charge in [-0.15, -0.1) is 10.2 Å². The van der Waals surface area contributed by atoms with Crippen LogP contribution in [0.25, 0.3) is 22.2 Å². The number of alkyl halides is 3. The molecule has 0 bridgehead atoms. The number of aryl methyl sites for hydroxylation is 1. The first-order valence-electron chi connectivity index (χ1n) is 11.5. The molecule has 0 atom stereocenters. The lowest BCUT2D eigenvalue weighted by Crippen LogP contribution is -2.43. The number of rotatable bonds is 5. The molecule has 182 valence electrons. The van der Waals surface area contributed by atoms with Crippen molar-refractivity contribution in [3.8, 4) is 11.4 Å². The van der Waals surface area contributed by atoms with Crippen LogP contribution in [0.5, 0.6) is 0 Å². The van der Waals surface area contributed by atoms with Crippen LogP contribution in [0.1, 0.15) is 24.1 Å². The number of hydrogen-bond donors (Lipinski definition) is 0. The summed E-state index contributed by atoms with van der Waals surface area (Å²) in [6.07, 6.45) is 0.368. The molecule has 5 rings (SSSR count). The molecule has 0 unspecified atom stereocenters. The Balaban J connectivity index is 1.33. The highest BCUT2D eigenvalue weighted by molar-refractivity contribution is 5.99. The van der Waals surface area contributed by atoms with E-state index in [0.29, 0.717) is 0 Å². The predicted octanol–water partition coefficient (Wildman–Crippen LogP) is 4.54. The van der Waals surface area contributed by atoms with E-state index in [4.69, 9.17) is 0 Å². The van der Waals surface area contributed by atoms with Crippen LogP contribution in [-0.2, 0) is 19.8 Å². The molecular formula is C25H26F3N7. The molecule has 1 aliphatic rings. The normalized spacial score (nSPS) is 15.3. The summed E-state index contributed by atoms with van der Waals surface area (Å²) in [5.41, 5.74) is 1.08. The molecule has 10 heteroatoms. The third-order valence-corrected chi connectivity index (χ3v) is 6.71. The van der Waals surface area contributed by atoms with E-state index in [1.165, 1.54) is 12.3 Å². The van der Waals surface area contributed by atoms with E-state index in [9.17, 15) is 13.2 Å². The maximum atomic E-state index is 13.4. The van der Waals surface area contributed by atoms with Gasteiger partial charge < -0.3 is 4.90 Å². The van der Waals surface area contributed by atoms with E-state index < -0.39 is 11.7 Å². The maximum Gasteiger partial charge on any atom is 0.418 e. The fourth-order valence-electron chi connectivity index (χ4n) is 4.82. The average molecular weight is 482 g/mol. The second kappa shape index (κ2) is 9.26. The van der Waals surface area contributed by atoms with Gasteiger partial charge in [0.15, 0.2) is 5.82 Å². The lowest BCUT2D eigenvalue weighted by Gasteiger charge is -2.37. The summed E-state index contributed by atoms with van der Waals surface area (Å²) in [4.78, 5) is 8.21. The Bertz CT molecular complexity index is 1330. The summed E-state index contributed by atoms with van der Waals surface area (Å²) in [5, 5.41) is 15.4. The highest BCUT2D eigenvalue weighted by Crippen LogP contribution is 2.34. The average Bonchev–Trinajstić information content (AvgIpc) is 3.28. The molecule has 0 N–H and O–H groups in total. The Morgan fingerprint density at radius 3 is 2.40 bits per heavy atom. The van der Waals surface area contributed by atoms with Crippen molar-refractivity contribution < 1.29 is 13.2 Å². The molecule has 0 amide bonds. The van der Waals surface area contributed by atoms with Gasteiger partial charge in [0.25, 0.3) is 0 Å². The fraction of sp³-hybridized carbons (Fsp3) is 0.360. The summed E-state index contributed by atoms with van der Waals surface area (Å²) < 4.78 is 41.9. The summed E-state index contributed by atoms with van der Waals surface area (Å²) in [5.74, 6) is 0.830. The van der Waals surface area contributed by atoms with Crippen LogP contribution in [0.4, 0.5) is 19.0 Å². The minimum Gasteiger partial charge on any atom is -0.354 e. The number of pyridine rings is 1. The van der Waals surface area contributed by atoms with E-state index in [2.05, 4.69) is 31.2 Å². The molecule has 1 fully saturated rings. The quantitative estimate of drug-likeness (QED) is 0.417. The molecule has 4 heterocycles. The van der Waals surface area contributed by atoms with Crippen LogP contribution in [-0.4, -0.2) is 56.0 Å². The Kier molecular flexibility index (Phi) is 6.14. The number of piperidine rings is 1. The zero-order chi connectivity index (χ0) is 24.6. The zero-order valence-corrected chi connectivity index (χ0v) is 19.6. The van der Waals surface area contributed by atoms with Crippen molar-refractivity contribution in [3.05, 3.63) is 66.1 Å². The minimum atomic E-state index is -4.41. The standard InChI is InChI=1S/C25H26F3N7/c1-33(16-21-20(25(26,27)28)8-5-12-29-21)17-10-14-35(15-11-17)24-19-7-4-3-6-18(19)23(31-32-24)22-9-13-30-34(22)2/h3-9,12-13,17H,10-11,14-16H2,1-2H3.